The van der Waals surface area contributed by atoms with Gasteiger partial charge in [-0.3, -0.25) is 9.59 Å². The first-order valence-corrected chi connectivity index (χ1v) is 10.4. The van der Waals surface area contributed by atoms with E-state index in [0.29, 0.717) is 29.1 Å². The van der Waals surface area contributed by atoms with Crippen molar-refractivity contribution in [1.29, 1.82) is 0 Å². The van der Waals surface area contributed by atoms with Crippen molar-refractivity contribution >= 4 is 28.8 Å². The molecule has 0 saturated carbocycles. The molecule has 8 nitrogen and oxygen atoms in total. The zero-order valence-corrected chi connectivity index (χ0v) is 17.3. The van der Waals surface area contributed by atoms with E-state index >= 15 is 0 Å². The smallest absolute Gasteiger partial charge is 0.224 e. The molecule has 1 amide bonds. The number of carbonyl (C=O) groups is 2. The van der Waals surface area contributed by atoms with Gasteiger partial charge < -0.3 is 10.2 Å². The van der Waals surface area contributed by atoms with Gasteiger partial charge in [-0.05, 0) is 49.9 Å². The van der Waals surface area contributed by atoms with Gasteiger partial charge in [0.05, 0.1) is 0 Å². The predicted octanol–water partition coefficient (Wildman–Crippen LogP) is 3.13. The third-order valence-electron chi connectivity index (χ3n) is 5.55. The van der Waals surface area contributed by atoms with E-state index in [9.17, 15) is 9.59 Å². The number of ketones is 1. The number of nitrogens with one attached hydrogen (secondary N) is 1. The summed E-state index contributed by atoms with van der Waals surface area (Å²) in [6, 6.07) is 10.8. The Balaban J connectivity index is 1.42. The minimum absolute atomic E-state index is 0.0360. The van der Waals surface area contributed by atoms with Crippen LogP contribution < -0.4 is 10.2 Å². The summed E-state index contributed by atoms with van der Waals surface area (Å²) in [5.74, 6) is 2.15. The Hall–Kier alpha value is -3.29. The number of aromatic nitrogens is 4. The molecule has 0 atom stereocenters. The third kappa shape index (κ3) is 4.48. The number of anilines is 2. The second kappa shape index (κ2) is 8.61. The molecule has 0 aliphatic carbocycles. The van der Waals surface area contributed by atoms with Crippen LogP contribution in [0.3, 0.4) is 0 Å². The van der Waals surface area contributed by atoms with Crippen molar-refractivity contribution in [3.63, 3.8) is 0 Å². The van der Waals surface area contributed by atoms with Crippen LogP contribution in [0, 0.1) is 5.92 Å². The molecule has 4 rings (SSSR count). The fraction of sp³-hybridized carbons (Fsp3) is 0.409. The van der Waals surface area contributed by atoms with Gasteiger partial charge in [0.2, 0.25) is 5.91 Å². The molecule has 1 aliphatic heterocycles. The molecule has 2 aromatic heterocycles. The SMILES string of the molecule is CC(=O)c1cccc(NC(=O)CCc2nnc3ccc(N4CCC(C)CC4)nn23)c1. The van der Waals surface area contributed by atoms with Gasteiger partial charge in [0.1, 0.15) is 5.82 Å². The van der Waals surface area contributed by atoms with E-state index in [-0.39, 0.29) is 18.1 Å². The Morgan fingerprint density at radius 2 is 1.93 bits per heavy atom. The number of fused-ring (bicyclic) bond motifs is 1. The van der Waals surface area contributed by atoms with Crippen LogP contribution in [0.4, 0.5) is 11.5 Å². The largest absolute Gasteiger partial charge is 0.355 e. The lowest BCUT2D eigenvalue weighted by Crippen LogP contribution is -2.33. The molecule has 156 valence electrons. The number of amides is 1. The van der Waals surface area contributed by atoms with Crippen molar-refractivity contribution in [2.45, 2.75) is 39.5 Å². The molecule has 1 N–H and O–H groups in total. The summed E-state index contributed by atoms with van der Waals surface area (Å²) in [6.07, 6.45) is 3.00. The number of carbonyl (C=O) groups excluding carboxylic acids is 2. The Labute approximate surface area is 175 Å². The summed E-state index contributed by atoms with van der Waals surface area (Å²) in [5, 5.41) is 16.0. The Bertz CT molecular complexity index is 1070. The van der Waals surface area contributed by atoms with E-state index in [1.54, 1.807) is 28.8 Å². The molecule has 8 heteroatoms. The van der Waals surface area contributed by atoms with E-state index in [0.717, 1.165) is 24.8 Å². The van der Waals surface area contributed by atoms with Crippen LogP contribution in [-0.4, -0.2) is 44.6 Å². The van der Waals surface area contributed by atoms with E-state index in [1.165, 1.54) is 19.8 Å². The van der Waals surface area contributed by atoms with Crippen LogP contribution in [0.2, 0.25) is 0 Å². The number of hydrogen-bond acceptors (Lipinski definition) is 6. The van der Waals surface area contributed by atoms with Gasteiger partial charge in [0.25, 0.3) is 0 Å². The van der Waals surface area contributed by atoms with Crippen LogP contribution in [0.5, 0.6) is 0 Å². The average Bonchev–Trinajstić information content (AvgIpc) is 3.15. The summed E-state index contributed by atoms with van der Waals surface area (Å²) in [5.41, 5.74) is 1.85. The van der Waals surface area contributed by atoms with Crippen LogP contribution in [0.1, 0.15) is 49.3 Å². The van der Waals surface area contributed by atoms with E-state index in [1.807, 2.05) is 12.1 Å². The van der Waals surface area contributed by atoms with Gasteiger partial charge in [-0.15, -0.1) is 15.3 Å². The van der Waals surface area contributed by atoms with Crippen molar-refractivity contribution in [3.8, 4) is 0 Å². The molecule has 1 aromatic carbocycles. The lowest BCUT2D eigenvalue weighted by Gasteiger charge is -2.30. The van der Waals surface area contributed by atoms with E-state index < -0.39 is 0 Å². The van der Waals surface area contributed by atoms with Gasteiger partial charge in [0, 0.05) is 37.2 Å². The normalized spacial score (nSPS) is 14.8. The maximum atomic E-state index is 12.4. The molecule has 0 spiro atoms. The molecule has 0 unspecified atom stereocenters. The summed E-state index contributed by atoms with van der Waals surface area (Å²) in [6.45, 7) is 5.79. The van der Waals surface area contributed by atoms with Crippen molar-refractivity contribution in [2.24, 2.45) is 5.92 Å². The standard InChI is InChI=1S/C22H26N6O2/c1-15-10-12-27(13-11-15)21-7-6-19-24-25-20(28(19)26-21)8-9-22(30)23-18-5-3-4-17(14-18)16(2)29/h3-7,14-15H,8-13H2,1-2H3,(H,23,30). The summed E-state index contributed by atoms with van der Waals surface area (Å²) < 4.78 is 1.73. The third-order valence-corrected chi connectivity index (χ3v) is 5.55. The minimum atomic E-state index is -0.145. The monoisotopic (exact) mass is 406 g/mol. The molecular weight excluding hydrogens is 380 g/mol. The highest BCUT2D eigenvalue weighted by atomic mass is 16.1. The van der Waals surface area contributed by atoms with Gasteiger partial charge in [0.15, 0.2) is 17.3 Å². The molecule has 3 aromatic rings. The van der Waals surface area contributed by atoms with E-state index in [4.69, 9.17) is 5.10 Å². The molecule has 0 bridgehead atoms. The van der Waals surface area contributed by atoms with Crippen LogP contribution >= 0.6 is 0 Å². The molecular formula is C22H26N6O2. The highest BCUT2D eigenvalue weighted by molar-refractivity contribution is 5.97. The fourth-order valence-electron chi connectivity index (χ4n) is 3.65. The van der Waals surface area contributed by atoms with Crippen LogP contribution in [-0.2, 0) is 11.2 Å². The van der Waals surface area contributed by atoms with Gasteiger partial charge >= 0.3 is 0 Å². The predicted molar refractivity (Wildman–Crippen MR) is 115 cm³/mol. The molecule has 30 heavy (non-hydrogen) atoms. The average molecular weight is 406 g/mol. The van der Waals surface area contributed by atoms with Gasteiger partial charge in [-0.1, -0.05) is 19.1 Å². The maximum Gasteiger partial charge on any atom is 0.224 e. The summed E-state index contributed by atoms with van der Waals surface area (Å²) >= 11 is 0. The molecule has 3 heterocycles. The Kier molecular flexibility index (Phi) is 5.74. The number of benzene rings is 1. The first-order valence-electron chi connectivity index (χ1n) is 10.4. The van der Waals surface area contributed by atoms with Crippen LogP contribution in [0.25, 0.3) is 5.65 Å². The number of rotatable bonds is 6. The zero-order valence-electron chi connectivity index (χ0n) is 17.3. The van der Waals surface area contributed by atoms with Crippen LogP contribution in [0.15, 0.2) is 36.4 Å². The second-order valence-corrected chi connectivity index (χ2v) is 7.93. The lowest BCUT2D eigenvalue weighted by molar-refractivity contribution is -0.116. The Morgan fingerprint density at radius 1 is 1.13 bits per heavy atom. The molecule has 1 fully saturated rings. The lowest BCUT2D eigenvalue weighted by atomic mass is 9.99. The summed E-state index contributed by atoms with van der Waals surface area (Å²) in [7, 11) is 0. The topological polar surface area (TPSA) is 92.5 Å². The van der Waals surface area contributed by atoms with E-state index in [2.05, 4.69) is 27.3 Å². The van der Waals surface area contributed by atoms with Gasteiger partial charge in [-0.2, -0.15) is 4.52 Å². The Morgan fingerprint density at radius 3 is 2.70 bits per heavy atom. The fourth-order valence-corrected chi connectivity index (χ4v) is 3.65. The maximum absolute atomic E-state index is 12.4. The van der Waals surface area contributed by atoms with Crippen molar-refractivity contribution in [2.75, 3.05) is 23.3 Å². The number of Topliss-reactive ketones (excluding diaryl/α,β-unsaturated/α-hetero) is 1. The number of hydrogen-bond donors (Lipinski definition) is 1. The zero-order chi connectivity index (χ0) is 21.1. The van der Waals surface area contributed by atoms with Crippen molar-refractivity contribution in [3.05, 3.63) is 47.8 Å². The molecule has 1 saturated heterocycles. The quantitative estimate of drug-likeness (QED) is 0.632. The number of nitrogens with zero attached hydrogens (tertiary/aromatic N) is 5. The molecule has 0 radical (unpaired) electrons. The highest BCUT2D eigenvalue weighted by Crippen LogP contribution is 2.21. The van der Waals surface area contributed by atoms with Crippen molar-refractivity contribution in [1.82, 2.24) is 19.8 Å². The first-order chi connectivity index (χ1) is 14.5. The molecule has 1 aliphatic rings. The second-order valence-electron chi connectivity index (χ2n) is 7.93. The number of piperidine rings is 1. The highest BCUT2D eigenvalue weighted by Gasteiger charge is 2.18. The van der Waals surface area contributed by atoms with Crippen molar-refractivity contribution < 1.29 is 9.59 Å². The first kappa shape index (κ1) is 20.0. The minimum Gasteiger partial charge on any atom is -0.355 e. The van der Waals surface area contributed by atoms with Gasteiger partial charge in [-0.25, -0.2) is 0 Å². The number of aryl methyl sites for hydroxylation is 1. The summed E-state index contributed by atoms with van der Waals surface area (Å²) in [4.78, 5) is 26.2.